The van der Waals surface area contributed by atoms with E-state index in [1.807, 2.05) is 0 Å². The molecule has 148 valence electrons. The van der Waals surface area contributed by atoms with Crippen LogP contribution in [-0.4, -0.2) is 101 Å². The van der Waals surface area contributed by atoms with E-state index in [1.54, 1.807) is 13.8 Å². The van der Waals surface area contributed by atoms with Crippen LogP contribution in [0.2, 0.25) is 0 Å². The maximum Gasteiger partial charge on any atom is 0.104 e. The summed E-state index contributed by atoms with van der Waals surface area (Å²) in [5.74, 6) is 0. The third kappa shape index (κ3) is 12.6. The molecule has 0 saturated carbocycles. The number of epoxide rings is 4. The van der Waals surface area contributed by atoms with E-state index in [0.717, 1.165) is 52.9 Å². The Balaban J connectivity index is 0.000000137. The second kappa shape index (κ2) is 10.7. The largest absolute Gasteiger partial charge is 0.396 e. The summed E-state index contributed by atoms with van der Waals surface area (Å²) in [6.45, 7) is 10.2. The number of hydrogen-bond acceptors (Lipinski definition) is 8. The molecule has 2 N–H and O–H groups in total. The summed E-state index contributed by atoms with van der Waals surface area (Å²) >= 11 is 0. The summed E-state index contributed by atoms with van der Waals surface area (Å²) in [6, 6.07) is 0. The third-order valence-electron chi connectivity index (χ3n) is 3.68. The second-order valence-electron chi connectivity index (χ2n) is 7.38. The van der Waals surface area contributed by atoms with Gasteiger partial charge in [0.25, 0.3) is 0 Å². The predicted octanol–water partition coefficient (Wildman–Crippen LogP) is -0.402. The van der Waals surface area contributed by atoms with Gasteiger partial charge in [-0.2, -0.15) is 0 Å². The zero-order chi connectivity index (χ0) is 18.1. The molecule has 4 fully saturated rings. The van der Waals surface area contributed by atoms with Gasteiger partial charge in [0.15, 0.2) is 0 Å². The lowest BCUT2D eigenvalue weighted by molar-refractivity contribution is 0.0857. The van der Waals surface area contributed by atoms with Crippen LogP contribution in [0.5, 0.6) is 0 Å². The molecule has 0 radical (unpaired) electrons. The van der Waals surface area contributed by atoms with Crippen molar-refractivity contribution in [2.45, 2.75) is 38.3 Å². The number of ether oxygens (including phenoxy) is 6. The number of aliphatic hydroxyl groups excluding tert-OH is 2. The average Bonchev–Trinajstić information content (AvgIpc) is 3.45. The van der Waals surface area contributed by atoms with E-state index >= 15 is 0 Å². The van der Waals surface area contributed by atoms with Gasteiger partial charge in [0, 0.05) is 5.41 Å². The van der Waals surface area contributed by atoms with E-state index in [2.05, 4.69) is 0 Å². The molecule has 4 rings (SSSR count). The molecule has 0 spiro atoms. The van der Waals surface area contributed by atoms with Crippen LogP contribution >= 0.6 is 0 Å². The molecular formula is C17H32O8. The van der Waals surface area contributed by atoms with Gasteiger partial charge in [-0.15, -0.1) is 0 Å². The highest BCUT2D eigenvalue weighted by molar-refractivity contribution is 4.71. The summed E-state index contributed by atoms with van der Waals surface area (Å²) < 4.78 is 30.2. The first kappa shape index (κ1) is 21.0. The van der Waals surface area contributed by atoms with E-state index in [9.17, 15) is 0 Å². The van der Waals surface area contributed by atoms with Crippen LogP contribution < -0.4 is 0 Å². The van der Waals surface area contributed by atoms with E-state index in [4.69, 9.17) is 38.6 Å². The molecule has 4 unspecified atom stereocenters. The standard InChI is InChI=1S/2C6H10O3.C5H12O2/c2*1(5-3-8-5)7-2-6-4-9-6;1-5(2,3-6)4-7/h2*5-6H,1-4H2;6-7H,3-4H2,1-2H3. The Labute approximate surface area is 149 Å². The van der Waals surface area contributed by atoms with Crippen molar-refractivity contribution >= 4 is 0 Å². The normalized spacial score (nSPS) is 31.2. The molecule has 4 atom stereocenters. The monoisotopic (exact) mass is 364 g/mol. The summed E-state index contributed by atoms with van der Waals surface area (Å²) in [7, 11) is 0. The van der Waals surface area contributed by atoms with Gasteiger partial charge in [0.05, 0.1) is 66.1 Å². The molecule has 4 aliphatic rings. The molecule has 0 aliphatic carbocycles. The molecule has 8 nitrogen and oxygen atoms in total. The molecule has 25 heavy (non-hydrogen) atoms. The number of aliphatic hydroxyl groups is 2. The van der Waals surface area contributed by atoms with Gasteiger partial charge < -0.3 is 38.6 Å². The van der Waals surface area contributed by atoms with Crippen molar-refractivity contribution in [2.75, 3.05) is 66.1 Å². The SMILES string of the molecule is C(OCC1CO1)C1CO1.C(OCC1CO1)C1CO1.CC(C)(CO)CO. The lowest BCUT2D eigenvalue weighted by Crippen LogP contribution is -2.20. The van der Waals surface area contributed by atoms with Crippen molar-refractivity contribution in [2.24, 2.45) is 5.41 Å². The van der Waals surface area contributed by atoms with Crippen molar-refractivity contribution in [1.82, 2.24) is 0 Å². The summed E-state index contributed by atoms with van der Waals surface area (Å²) in [5.41, 5.74) is -0.306. The molecule has 4 saturated heterocycles. The van der Waals surface area contributed by atoms with Gasteiger partial charge in [0.2, 0.25) is 0 Å². The van der Waals surface area contributed by atoms with Crippen molar-refractivity contribution < 1.29 is 38.6 Å². The number of hydrogen-bond donors (Lipinski definition) is 2. The third-order valence-corrected chi connectivity index (χ3v) is 3.68. The van der Waals surface area contributed by atoms with Gasteiger partial charge in [-0.25, -0.2) is 0 Å². The maximum absolute atomic E-state index is 8.43. The zero-order valence-electron chi connectivity index (χ0n) is 15.2. The first-order valence-electron chi connectivity index (χ1n) is 8.86. The quantitative estimate of drug-likeness (QED) is 0.504. The molecular weight excluding hydrogens is 332 g/mol. The molecule has 0 amide bonds. The molecule has 0 aromatic rings. The van der Waals surface area contributed by atoms with Crippen LogP contribution in [-0.2, 0) is 28.4 Å². The van der Waals surface area contributed by atoms with E-state index in [1.165, 1.54) is 0 Å². The Hall–Kier alpha value is -0.320. The lowest BCUT2D eigenvalue weighted by atomic mass is 9.97. The topological polar surface area (TPSA) is 109 Å². The highest BCUT2D eigenvalue weighted by atomic mass is 16.6. The van der Waals surface area contributed by atoms with Crippen LogP contribution in [0.3, 0.4) is 0 Å². The zero-order valence-corrected chi connectivity index (χ0v) is 15.2. The average molecular weight is 364 g/mol. The van der Waals surface area contributed by atoms with Gasteiger partial charge in [0.1, 0.15) is 24.4 Å². The maximum atomic E-state index is 8.43. The Kier molecular flexibility index (Phi) is 9.01. The highest BCUT2D eigenvalue weighted by Crippen LogP contribution is 2.13. The fourth-order valence-corrected chi connectivity index (χ4v) is 1.37. The van der Waals surface area contributed by atoms with Gasteiger partial charge in [-0.3, -0.25) is 0 Å². The van der Waals surface area contributed by atoms with Crippen molar-refractivity contribution in [3.05, 3.63) is 0 Å². The Morgan fingerprint density at radius 1 is 0.680 bits per heavy atom. The van der Waals surface area contributed by atoms with E-state index in [0.29, 0.717) is 24.4 Å². The fourth-order valence-electron chi connectivity index (χ4n) is 1.37. The van der Waals surface area contributed by atoms with Crippen LogP contribution in [0.15, 0.2) is 0 Å². The highest BCUT2D eigenvalue weighted by Gasteiger charge is 2.27. The van der Waals surface area contributed by atoms with E-state index < -0.39 is 0 Å². The second-order valence-corrected chi connectivity index (χ2v) is 7.38. The van der Waals surface area contributed by atoms with Crippen molar-refractivity contribution in [3.8, 4) is 0 Å². The van der Waals surface area contributed by atoms with Crippen molar-refractivity contribution in [3.63, 3.8) is 0 Å². The molecule has 4 aliphatic heterocycles. The molecule has 0 aromatic carbocycles. The van der Waals surface area contributed by atoms with Crippen LogP contribution in [0.1, 0.15) is 13.8 Å². The molecule has 0 bridgehead atoms. The van der Waals surface area contributed by atoms with E-state index in [-0.39, 0.29) is 18.6 Å². The van der Waals surface area contributed by atoms with Crippen LogP contribution in [0.4, 0.5) is 0 Å². The minimum atomic E-state index is -0.306. The minimum Gasteiger partial charge on any atom is -0.396 e. The first-order chi connectivity index (χ1) is 12.0. The van der Waals surface area contributed by atoms with Crippen LogP contribution in [0.25, 0.3) is 0 Å². The fraction of sp³-hybridized carbons (Fsp3) is 1.00. The smallest absolute Gasteiger partial charge is 0.104 e. The summed E-state index contributed by atoms with van der Waals surface area (Å²) in [6.07, 6.45) is 1.57. The lowest BCUT2D eigenvalue weighted by Gasteiger charge is -2.16. The number of rotatable bonds is 10. The van der Waals surface area contributed by atoms with Crippen LogP contribution in [0, 0.1) is 5.41 Å². The minimum absolute atomic E-state index is 0.0451. The van der Waals surface area contributed by atoms with Gasteiger partial charge in [-0.05, 0) is 0 Å². The van der Waals surface area contributed by atoms with Gasteiger partial charge in [-0.1, -0.05) is 13.8 Å². The van der Waals surface area contributed by atoms with Crippen molar-refractivity contribution in [1.29, 1.82) is 0 Å². The Morgan fingerprint density at radius 3 is 1.04 bits per heavy atom. The molecule has 0 aromatic heterocycles. The summed E-state index contributed by atoms with van der Waals surface area (Å²) in [4.78, 5) is 0. The first-order valence-corrected chi connectivity index (χ1v) is 8.86. The van der Waals surface area contributed by atoms with Gasteiger partial charge >= 0.3 is 0 Å². The molecule has 8 heteroatoms. The molecule has 4 heterocycles. The Bertz CT molecular complexity index is 293. The predicted molar refractivity (Wildman–Crippen MR) is 88.6 cm³/mol. The Morgan fingerprint density at radius 2 is 0.920 bits per heavy atom. The summed E-state index contributed by atoms with van der Waals surface area (Å²) in [5, 5.41) is 16.9.